The van der Waals surface area contributed by atoms with E-state index >= 15 is 0 Å². The van der Waals surface area contributed by atoms with Crippen molar-refractivity contribution < 1.29 is 14.7 Å². The van der Waals surface area contributed by atoms with Gasteiger partial charge in [0, 0.05) is 40.3 Å². The fourth-order valence-electron chi connectivity index (χ4n) is 3.34. The van der Waals surface area contributed by atoms with Crippen molar-refractivity contribution in [2.75, 3.05) is 0 Å². The van der Waals surface area contributed by atoms with Gasteiger partial charge in [0.05, 0.1) is 17.7 Å². The molecule has 4 rings (SSSR count). The second-order valence-corrected chi connectivity index (χ2v) is 6.16. The molecule has 0 aliphatic carbocycles. The van der Waals surface area contributed by atoms with Crippen LogP contribution < -0.4 is 5.32 Å². The lowest BCUT2D eigenvalue weighted by atomic mass is 9.92. The minimum Gasteiger partial charge on any atom is -0.392 e. The Kier molecular flexibility index (Phi) is 3.23. The van der Waals surface area contributed by atoms with Crippen LogP contribution in [0.5, 0.6) is 0 Å². The minimum atomic E-state index is -0.449. The minimum absolute atomic E-state index is 0.212. The van der Waals surface area contributed by atoms with E-state index in [1.165, 1.54) is 0 Å². The van der Waals surface area contributed by atoms with Gasteiger partial charge in [0.15, 0.2) is 0 Å². The van der Waals surface area contributed by atoms with E-state index in [0.29, 0.717) is 38.2 Å². The number of benzene rings is 2. The van der Waals surface area contributed by atoms with Gasteiger partial charge in [-0.1, -0.05) is 29.8 Å². The summed E-state index contributed by atoms with van der Waals surface area (Å²) in [7, 11) is 1.83. The summed E-state index contributed by atoms with van der Waals surface area (Å²) in [5.41, 5.74) is 3.28. The van der Waals surface area contributed by atoms with Gasteiger partial charge in [-0.05, 0) is 17.7 Å². The molecule has 2 aromatic carbocycles. The van der Waals surface area contributed by atoms with Gasteiger partial charge in [0.25, 0.3) is 11.8 Å². The van der Waals surface area contributed by atoms with Gasteiger partial charge in [-0.3, -0.25) is 14.9 Å². The third-order valence-electron chi connectivity index (χ3n) is 4.37. The maximum absolute atomic E-state index is 12.4. The molecular weight excluding hydrogens is 328 g/mol. The number of aromatic nitrogens is 1. The summed E-state index contributed by atoms with van der Waals surface area (Å²) in [4.78, 5) is 24.8. The average Bonchev–Trinajstić information content (AvgIpc) is 3.04. The number of carbonyl (C=O) groups excluding carboxylic acids is 2. The van der Waals surface area contributed by atoms with Gasteiger partial charge in [-0.2, -0.15) is 0 Å². The molecule has 0 bridgehead atoms. The second-order valence-electron chi connectivity index (χ2n) is 5.75. The standard InChI is InChI=1S/C18H13ClN2O3/c1-21-7-9(8-22)14-13(21)6-11(10-4-2-3-5-12(10)19)15-16(14)18(24)20-17(15)23/h2-7,22H,8H2,1H3,(H,20,23,24). The Hall–Kier alpha value is -2.63. The molecule has 0 fully saturated rings. The molecular formula is C18H13ClN2O3. The van der Waals surface area contributed by atoms with Crippen LogP contribution >= 0.6 is 11.6 Å². The molecule has 3 aromatic rings. The quantitative estimate of drug-likeness (QED) is 0.705. The van der Waals surface area contributed by atoms with Crippen LogP contribution in [0.3, 0.4) is 0 Å². The van der Waals surface area contributed by atoms with Gasteiger partial charge < -0.3 is 9.67 Å². The molecule has 6 heteroatoms. The van der Waals surface area contributed by atoms with Crippen LogP contribution in [0.2, 0.25) is 5.02 Å². The number of hydrogen-bond donors (Lipinski definition) is 2. The Morgan fingerprint density at radius 2 is 1.83 bits per heavy atom. The fourth-order valence-corrected chi connectivity index (χ4v) is 3.58. The van der Waals surface area contributed by atoms with Gasteiger partial charge >= 0.3 is 0 Å². The van der Waals surface area contributed by atoms with Crippen LogP contribution in [0.4, 0.5) is 0 Å². The molecule has 1 aliphatic heterocycles. The number of halogens is 1. The molecule has 2 N–H and O–H groups in total. The molecule has 0 atom stereocenters. The van der Waals surface area contributed by atoms with Crippen molar-refractivity contribution in [2.45, 2.75) is 6.61 Å². The van der Waals surface area contributed by atoms with Crippen LogP contribution in [-0.4, -0.2) is 21.5 Å². The maximum atomic E-state index is 12.4. The largest absolute Gasteiger partial charge is 0.392 e. The summed E-state index contributed by atoms with van der Waals surface area (Å²) in [6.07, 6.45) is 1.76. The van der Waals surface area contributed by atoms with Gasteiger partial charge in [0.2, 0.25) is 0 Å². The van der Waals surface area contributed by atoms with Crippen molar-refractivity contribution in [1.29, 1.82) is 0 Å². The Balaban J connectivity index is 2.20. The smallest absolute Gasteiger partial charge is 0.259 e. The molecule has 0 spiro atoms. The highest BCUT2D eigenvalue weighted by atomic mass is 35.5. The fraction of sp³-hybridized carbons (Fsp3) is 0.111. The zero-order valence-electron chi connectivity index (χ0n) is 12.8. The highest BCUT2D eigenvalue weighted by Crippen LogP contribution is 2.39. The van der Waals surface area contributed by atoms with Crippen LogP contribution in [0.15, 0.2) is 36.5 Å². The van der Waals surface area contributed by atoms with Gasteiger partial charge in [-0.15, -0.1) is 0 Å². The second kappa shape index (κ2) is 5.19. The third-order valence-corrected chi connectivity index (χ3v) is 4.70. The zero-order chi connectivity index (χ0) is 17.0. The van der Waals surface area contributed by atoms with Crippen LogP contribution in [0.25, 0.3) is 22.0 Å². The molecule has 0 unspecified atom stereocenters. The lowest BCUT2D eigenvalue weighted by Crippen LogP contribution is -2.20. The summed E-state index contributed by atoms with van der Waals surface area (Å²) < 4.78 is 1.83. The topological polar surface area (TPSA) is 71.3 Å². The molecule has 5 nitrogen and oxygen atoms in total. The monoisotopic (exact) mass is 340 g/mol. The van der Waals surface area contributed by atoms with Crippen molar-refractivity contribution in [1.82, 2.24) is 9.88 Å². The van der Waals surface area contributed by atoms with E-state index in [2.05, 4.69) is 5.32 Å². The number of carbonyl (C=O) groups is 2. The summed E-state index contributed by atoms with van der Waals surface area (Å²) in [5.74, 6) is -0.894. The molecule has 1 aliphatic rings. The van der Waals surface area contributed by atoms with Crippen LogP contribution in [0, 0.1) is 0 Å². The number of amides is 2. The average molecular weight is 341 g/mol. The zero-order valence-corrected chi connectivity index (χ0v) is 13.5. The Bertz CT molecular complexity index is 1040. The highest BCUT2D eigenvalue weighted by molar-refractivity contribution is 6.35. The van der Waals surface area contributed by atoms with E-state index in [4.69, 9.17) is 11.6 Å². The van der Waals surface area contributed by atoms with Crippen molar-refractivity contribution in [3.63, 3.8) is 0 Å². The number of rotatable bonds is 2. The molecule has 120 valence electrons. The first kappa shape index (κ1) is 14.9. The highest BCUT2D eigenvalue weighted by Gasteiger charge is 2.34. The molecule has 0 saturated carbocycles. The molecule has 2 heterocycles. The van der Waals surface area contributed by atoms with Crippen LogP contribution in [0.1, 0.15) is 26.3 Å². The summed E-state index contributed by atoms with van der Waals surface area (Å²) in [6.45, 7) is -0.212. The number of aliphatic hydroxyl groups is 1. The molecule has 1 aromatic heterocycles. The molecule has 0 saturated heterocycles. The number of imide groups is 1. The number of nitrogens with one attached hydrogen (secondary N) is 1. The molecule has 0 radical (unpaired) electrons. The van der Waals surface area contributed by atoms with Gasteiger partial charge in [-0.25, -0.2) is 0 Å². The molecule has 24 heavy (non-hydrogen) atoms. The third kappa shape index (κ3) is 1.92. The number of fused-ring (bicyclic) bond motifs is 3. The summed E-state index contributed by atoms with van der Waals surface area (Å²) in [5, 5.41) is 13.1. The van der Waals surface area contributed by atoms with E-state index < -0.39 is 11.8 Å². The van der Waals surface area contributed by atoms with Crippen LogP contribution in [-0.2, 0) is 13.7 Å². The van der Waals surface area contributed by atoms with Crippen molar-refractivity contribution >= 4 is 34.3 Å². The number of hydrogen-bond acceptors (Lipinski definition) is 3. The molecule has 2 amide bonds. The lowest BCUT2D eigenvalue weighted by Gasteiger charge is -2.11. The number of aryl methyl sites for hydroxylation is 1. The normalized spacial score (nSPS) is 13.5. The van der Waals surface area contributed by atoms with Crippen molar-refractivity contribution in [3.8, 4) is 11.1 Å². The Morgan fingerprint density at radius 3 is 2.54 bits per heavy atom. The van der Waals surface area contributed by atoms with E-state index in [1.54, 1.807) is 12.3 Å². The number of aliphatic hydroxyl groups excluding tert-OH is 1. The SMILES string of the molecule is Cn1cc(CO)c2c3c(c(-c4ccccc4Cl)cc21)C(=O)NC3=O. The van der Waals surface area contributed by atoms with E-state index in [1.807, 2.05) is 35.9 Å². The lowest BCUT2D eigenvalue weighted by molar-refractivity contribution is 0.0880. The maximum Gasteiger partial charge on any atom is 0.259 e. The predicted octanol–water partition coefficient (Wildman–Crippen LogP) is 2.87. The predicted molar refractivity (Wildman–Crippen MR) is 91.1 cm³/mol. The van der Waals surface area contributed by atoms with Crippen molar-refractivity contribution in [3.05, 3.63) is 58.2 Å². The van der Waals surface area contributed by atoms with E-state index in [0.717, 1.165) is 5.52 Å². The number of nitrogens with zero attached hydrogens (tertiary/aromatic N) is 1. The first-order chi connectivity index (χ1) is 11.5. The first-order valence-corrected chi connectivity index (χ1v) is 7.77. The summed E-state index contributed by atoms with van der Waals surface area (Å²) >= 11 is 6.30. The van der Waals surface area contributed by atoms with Crippen molar-refractivity contribution in [2.24, 2.45) is 7.05 Å². The van der Waals surface area contributed by atoms with E-state index in [-0.39, 0.29) is 6.61 Å². The first-order valence-electron chi connectivity index (χ1n) is 7.39. The van der Waals surface area contributed by atoms with E-state index in [9.17, 15) is 14.7 Å². The van der Waals surface area contributed by atoms with Gasteiger partial charge in [0.1, 0.15) is 0 Å². The Morgan fingerprint density at radius 1 is 1.12 bits per heavy atom. The Labute approximate surface area is 142 Å². The summed E-state index contributed by atoms with van der Waals surface area (Å²) in [6, 6.07) is 9.04.